The van der Waals surface area contributed by atoms with E-state index >= 15 is 0 Å². The second-order valence-electron chi connectivity index (χ2n) is 3.68. The topological polar surface area (TPSA) is 9.23 Å². The summed E-state index contributed by atoms with van der Waals surface area (Å²) in [5.74, 6) is 1.00. The molecule has 0 amide bonds. The molecule has 0 aliphatic heterocycles. The quantitative estimate of drug-likeness (QED) is 0.677. The zero-order valence-electron chi connectivity index (χ0n) is 9.07. The van der Waals surface area contributed by atoms with Crippen molar-refractivity contribution < 1.29 is 4.74 Å². The van der Waals surface area contributed by atoms with Crippen LogP contribution in [0.1, 0.15) is 19.8 Å². The fourth-order valence-corrected chi connectivity index (χ4v) is 1.65. The predicted octanol–water partition coefficient (Wildman–Crippen LogP) is 4.02. The number of ether oxygens (including phenoxy) is 1. The van der Waals surface area contributed by atoms with Crippen molar-refractivity contribution in [2.75, 3.05) is 6.61 Å². The highest BCUT2D eigenvalue weighted by molar-refractivity contribution is 5.88. The van der Waals surface area contributed by atoms with E-state index in [0.29, 0.717) is 0 Å². The van der Waals surface area contributed by atoms with Gasteiger partial charge < -0.3 is 4.74 Å². The predicted molar refractivity (Wildman–Crippen MR) is 64.4 cm³/mol. The van der Waals surface area contributed by atoms with Crippen LogP contribution in [-0.2, 0) is 0 Å². The van der Waals surface area contributed by atoms with Crippen LogP contribution in [0.2, 0.25) is 0 Å². The monoisotopic (exact) mass is 200 g/mol. The zero-order valence-corrected chi connectivity index (χ0v) is 9.07. The van der Waals surface area contributed by atoms with E-state index in [0.717, 1.165) is 18.8 Å². The molecule has 0 aliphatic carbocycles. The Morgan fingerprint density at radius 2 is 1.80 bits per heavy atom. The van der Waals surface area contributed by atoms with Crippen LogP contribution in [0.3, 0.4) is 0 Å². The van der Waals surface area contributed by atoms with Crippen molar-refractivity contribution in [3.8, 4) is 5.75 Å². The molecule has 0 fully saturated rings. The van der Waals surface area contributed by atoms with Crippen molar-refractivity contribution >= 4 is 10.8 Å². The molecule has 1 nitrogen and oxygen atoms in total. The maximum atomic E-state index is 5.76. The van der Waals surface area contributed by atoms with E-state index in [2.05, 4.69) is 37.3 Å². The van der Waals surface area contributed by atoms with E-state index in [4.69, 9.17) is 4.74 Å². The van der Waals surface area contributed by atoms with Crippen LogP contribution >= 0.6 is 0 Å². The first-order valence-corrected chi connectivity index (χ1v) is 5.52. The van der Waals surface area contributed by atoms with Gasteiger partial charge in [0.2, 0.25) is 0 Å². The van der Waals surface area contributed by atoms with Crippen molar-refractivity contribution in [1.82, 2.24) is 0 Å². The third-order valence-corrected chi connectivity index (χ3v) is 2.51. The van der Waals surface area contributed by atoms with Crippen LogP contribution in [0.25, 0.3) is 10.8 Å². The normalized spacial score (nSPS) is 10.5. The molecule has 0 N–H and O–H groups in total. The molecular formula is C14H16O. The minimum Gasteiger partial charge on any atom is -0.493 e. The van der Waals surface area contributed by atoms with E-state index in [-0.39, 0.29) is 0 Å². The second kappa shape index (κ2) is 4.83. The Balaban J connectivity index is 2.26. The molecule has 78 valence electrons. The van der Waals surface area contributed by atoms with Gasteiger partial charge in [-0.25, -0.2) is 0 Å². The maximum absolute atomic E-state index is 5.76. The summed E-state index contributed by atoms with van der Waals surface area (Å²) < 4.78 is 5.76. The molecule has 2 aromatic carbocycles. The lowest BCUT2D eigenvalue weighted by Gasteiger charge is -2.08. The smallest absolute Gasteiger partial charge is 0.127 e. The van der Waals surface area contributed by atoms with Crippen molar-refractivity contribution in [1.29, 1.82) is 0 Å². The van der Waals surface area contributed by atoms with Gasteiger partial charge in [0.25, 0.3) is 0 Å². The highest BCUT2D eigenvalue weighted by Gasteiger charge is 1.99. The van der Waals surface area contributed by atoms with Crippen molar-refractivity contribution in [2.45, 2.75) is 19.8 Å². The van der Waals surface area contributed by atoms with E-state index < -0.39 is 0 Å². The Hall–Kier alpha value is -1.50. The van der Waals surface area contributed by atoms with Gasteiger partial charge in [-0.15, -0.1) is 0 Å². The molecule has 1 heteroatoms. The Bertz CT molecular complexity index is 429. The standard InChI is InChI=1S/C14H16O/c1-2-3-11-15-14-10-6-8-12-7-4-5-9-13(12)14/h4-10H,2-3,11H2,1H3. The minimum absolute atomic E-state index is 0.810. The molecule has 0 heterocycles. The molecule has 0 saturated heterocycles. The van der Waals surface area contributed by atoms with Crippen LogP contribution in [0.5, 0.6) is 5.75 Å². The molecule has 0 aromatic heterocycles. The summed E-state index contributed by atoms with van der Waals surface area (Å²) in [5.41, 5.74) is 0. The fraction of sp³-hybridized carbons (Fsp3) is 0.286. The van der Waals surface area contributed by atoms with Crippen LogP contribution in [0.4, 0.5) is 0 Å². The number of unbranched alkanes of at least 4 members (excludes halogenated alkanes) is 1. The van der Waals surface area contributed by atoms with E-state index in [1.165, 1.54) is 17.2 Å². The Morgan fingerprint density at radius 1 is 1.00 bits per heavy atom. The average Bonchev–Trinajstić information content (AvgIpc) is 2.30. The first-order chi connectivity index (χ1) is 7.42. The number of rotatable bonds is 4. The molecular weight excluding hydrogens is 184 g/mol. The second-order valence-corrected chi connectivity index (χ2v) is 3.68. The SMILES string of the molecule is CCCCOc1cccc2ccccc12. The van der Waals surface area contributed by atoms with Gasteiger partial charge in [0.1, 0.15) is 5.75 Å². The minimum atomic E-state index is 0.810. The number of fused-ring (bicyclic) bond motifs is 1. The lowest BCUT2D eigenvalue weighted by atomic mass is 10.1. The van der Waals surface area contributed by atoms with Crippen molar-refractivity contribution in [3.05, 3.63) is 42.5 Å². The third kappa shape index (κ3) is 2.30. The van der Waals surface area contributed by atoms with Crippen LogP contribution in [0.15, 0.2) is 42.5 Å². The largest absolute Gasteiger partial charge is 0.493 e. The van der Waals surface area contributed by atoms with E-state index in [1.54, 1.807) is 0 Å². The maximum Gasteiger partial charge on any atom is 0.127 e. The lowest BCUT2D eigenvalue weighted by molar-refractivity contribution is 0.313. The van der Waals surface area contributed by atoms with Gasteiger partial charge in [-0.05, 0) is 17.9 Å². The van der Waals surface area contributed by atoms with E-state index in [9.17, 15) is 0 Å². The van der Waals surface area contributed by atoms with Gasteiger partial charge in [0.15, 0.2) is 0 Å². The van der Waals surface area contributed by atoms with Crippen LogP contribution in [0, 0.1) is 0 Å². The van der Waals surface area contributed by atoms with Gasteiger partial charge in [-0.3, -0.25) is 0 Å². The van der Waals surface area contributed by atoms with Gasteiger partial charge in [0, 0.05) is 5.39 Å². The summed E-state index contributed by atoms with van der Waals surface area (Å²) in [7, 11) is 0. The number of hydrogen-bond acceptors (Lipinski definition) is 1. The molecule has 0 atom stereocenters. The Kier molecular flexibility index (Phi) is 3.23. The highest BCUT2D eigenvalue weighted by Crippen LogP contribution is 2.25. The summed E-state index contributed by atoms with van der Waals surface area (Å²) >= 11 is 0. The molecule has 0 saturated carbocycles. The third-order valence-electron chi connectivity index (χ3n) is 2.51. The van der Waals surface area contributed by atoms with Crippen LogP contribution in [-0.4, -0.2) is 6.61 Å². The van der Waals surface area contributed by atoms with Crippen molar-refractivity contribution in [2.24, 2.45) is 0 Å². The summed E-state index contributed by atoms with van der Waals surface area (Å²) in [6.45, 7) is 2.98. The summed E-state index contributed by atoms with van der Waals surface area (Å²) in [6.07, 6.45) is 2.29. The number of hydrogen-bond donors (Lipinski definition) is 0. The zero-order chi connectivity index (χ0) is 10.5. The number of benzene rings is 2. The summed E-state index contributed by atoms with van der Waals surface area (Å²) in [6, 6.07) is 14.5. The Morgan fingerprint density at radius 3 is 2.67 bits per heavy atom. The molecule has 15 heavy (non-hydrogen) atoms. The molecule has 0 radical (unpaired) electrons. The van der Waals surface area contributed by atoms with Crippen LogP contribution < -0.4 is 4.74 Å². The van der Waals surface area contributed by atoms with E-state index in [1.807, 2.05) is 12.1 Å². The first kappa shape index (κ1) is 10.0. The summed E-state index contributed by atoms with van der Waals surface area (Å²) in [4.78, 5) is 0. The molecule has 2 rings (SSSR count). The molecule has 0 unspecified atom stereocenters. The van der Waals surface area contributed by atoms with Gasteiger partial charge in [0.05, 0.1) is 6.61 Å². The first-order valence-electron chi connectivity index (χ1n) is 5.52. The summed E-state index contributed by atoms with van der Waals surface area (Å²) in [5, 5.41) is 2.45. The van der Waals surface area contributed by atoms with Crippen molar-refractivity contribution in [3.63, 3.8) is 0 Å². The van der Waals surface area contributed by atoms with Gasteiger partial charge >= 0.3 is 0 Å². The molecule has 0 bridgehead atoms. The van der Waals surface area contributed by atoms with Gasteiger partial charge in [-0.1, -0.05) is 49.7 Å². The Labute approximate surface area is 90.7 Å². The lowest BCUT2D eigenvalue weighted by Crippen LogP contribution is -1.96. The molecule has 0 aliphatic rings. The highest BCUT2D eigenvalue weighted by atomic mass is 16.5. The fourth-order valence-electron chi connectivity index (χ4n) is 1.65. The molecule has 0 spiro atoms. The average molecular weight is 200 g/mol. The molecule has 2 aromatic rings. The van der Waals surface area contributed by atoms with Gasteiger partial charge in [-0.2, -0.15) is 0 Å².